The van der Waals surface area contributed by atoms with Crippen LogP contribution in [0.25, 0.3) is 0 Å². The fourth-order valence-corrected chi connectivity index (χ4v) is 2.21. The van der Waals surface area contributed by atoms with Crippen LogP contribution in [0.3, 0.4) is 0 Å². The Bertz CT molecular complexity index is 692. The summed E-state index contributed by atoms with van der Waals surface area (Å²) in [5.41, 5.74) is 0.467. The number of carbonyl (C=O) groups excluding carboxylic acids is 1. The summed E-state index contributed by atoms with van der Waals surface area (Å²) in [5.74, 6) is -1.26. The third kappa shape index (κ3) is 2.98. The van der Waals surface area contributed by atoms with Gasteiger partial charge < -0.3 is 10.4 Å². The maximum Gasteiger partial charge on any atom is 0.311 e. The molecule has 7 heteroatoms. The van der Waals surface area contributed by atoms with E-state index in [0.29, 0.717) is 19.4 Å². The first-order valence-corrected chi connectivity index (χ1v) is 7.05. The number of nitrogens with one attached hydrogen (secondary N) is 1. The van der Waals surface area contributed by atoms with Crippen LogP contribution < -0.4 is 5.32 Å². The summed E-state index contributed by atoms with van der Waals surface area (Å²) in [6.07, 6.45) is 2.76. The second kappa shape index (κ2) is 5.59. The van der Waals surface area contributed by atoms with E-state index in [1.807, 2.05) is 30.3 Å². The number of carboxylic acids is 1. The predicted octanol–water partition coefficient (Wildman–Crippen LogP) is 0.921. The molecule has 1 aromatic heterocycles. The molecule has 0 spiro atoms. The molecular weight excluding hydrogens is 284 g/mol. The lowest BCUT2D eigenvalue weighted by molar-refractivity contribution is -0.143. The highest BCUT2D eigenvalue weighted by Gasteiger charge is 2.50. The van der Waals surface area contributed by atoms with Crippen molar-refractivity contribution >= 4 is 11.9 Å². The van der Waals surface area contributed by atoms with E-state index in [9.17, 15) is 9.59 Å². The first-order chi connectivity index (χ1) is 10.6. The molecule has 1 aromatic carbocycles. The quantitative estimate of drug-likeness (QED) is 0.827. The normalized spacial score (nSPS) is 15.3. The Hall–Kier alpha value is -2.70. The van der Waals surface area contributed by atoms with Crippen molar-refractivity contribution in [3.05, 3.63) is 47.8 Å². The summed E-state index contributed by atoms with van der Waals surface area (Å²) in [5, 5.41) is 19.4. The van der Waals surface area contributed by atoms with E-state index in [1.165, 1.54) is 0 Å². The van der Waals surface area contributed by atoms with Crippen LogP contribution in [0.2, 0.25) is 0 Å². The minimum absolute atomic E-state index is 0.132. The SMILES string of the molecule is O=C(NCC1(C(=O)O)CC1)c1cn(Cc2ccccc2)nn1. The van der Waals surface area contributed by atoms with Crippen LogP contribution in [0.1, 0.15) is 28.9 Å². The molecule has 1 aliphatic carbocycles. The van der Waals surface area contributed by atoms with Crippen molar-refractivity contribution < 1.29 is 14.7 Å². The highest BCUT2D eigenvalue weighted by Crippen LogP contribution is 2.45. The van der Waals surface area contributed by atoms with E-state index in [0.717, 1.165) is 5.56 Å². The zero-order valence-corrected chi connectivity index (χ0v) is 11.9. The minimum Gasteiger partial charge on any atom is -0.481 e. The third-order valence-electron chi connectivity index (χ3n) is 3.85. The number of hydrogen-bond donors (Lipinski definition) is 2. The molecule has 0 radical (unpaired) electrons. The smallest absolute Gasteiger partial charge is 0.311 e. The Labute approximate surface area is 126 Å². The van der Waals surface area contributed by atoms with Crippen LogP contribution >= 0.6 is 0 Å². The van der Waals surface area contributed by atoms with E-state index in [2.05, 4.69) is 15.6 Å². The van der Waals surface area contributed by atoms with Crippen LogP contribution in [-0.4, -0.2) is 38.5 Å². The summed E-state index contributed by atoms with van der Waals surface area (Å²) >= 11 is 0. The molecule has 2 N–H and O–H groups in total. The second-order valence-electron chi connectivity index (χ2n) is 5.56. The largest absolute Gasteiger partial charge is 0.481 e. The standard InChI is InChI=1S/C15H16N4O3/c20-13(16-10-15(6-7-15)14(21)22)12-9-19(18-17-12)8-11-4-2-1-3-5-11/h1-5,9H,6-8,10H2,(H,16,20)(H,21,22). The van der Waals surface area contributed by atoms with Crippen molar-refractivity contribution in [1.82, 2.24) is 20.3 Å². The van der Waals surface area contributed by atoms with Gasteiger partial charge in [0.15, 0.2) is 5.69 Å². The van der Waals surface area contributed by atoms with Gasteiger partial charge in [0, 0.05) is 6.54 Å². The molecule has 0 atom stereocenters. The molecule has 1 aliphatic rings. The molecular formula is C15H16N4O3. The van der Waals surface area contributed by atoms with Crippen molar-refractivity contribution in [1.29, 1.82) is 0 Å². The molecule has 3 rings (SSSR count). The number of carbonyl (C=O) groups is 2. The maximum absolute atomic E-state index is 12.0. The number of carboxylic acid groups (broad SMARTS) is 1. The van der Waals surface area contributed by atoms with Gasteiger partial charge in [-0.2, -0.15) is 0 Å². The summed E-state index contributed by atoms with van der Waals surface area (Å²) in [6, 6.07) is 9.72. The van der Waals surface area contributed by atoms with E-state index < -0.39 is 17.3 Å². The topological polar surface area (TPSA) is 97.1 Å². The monoisotopic (exact) mass is 300 g/mol. The summed E-state index contributed by atoms with van der Waals surface area (Å²) in [7, 11) is 0. The Morgan fingerprint density at radius 2 is 2.00 bits per heavy atom. The molecule has 1 saturated carbocycles. The van der Waals surface area contributed by atoms with E-state index >= 15 is 0 Å². The molecule has 1 amide bonds. The first kappa shape index (κ1) is 14.2. The van der Waals surface area contributed by atoms with Gasteiger partial charge in [0.1, 0.15) is 0 Å². The number of hydrogen-bond acceptors (Lipinski definition) is 4. The number of amides is 1. The van der Waals surface area contributed by atoms with Gasteiger partial charge in [-0.25, -0.2) is 4.68 Å². The van der Waals surface area contributed by atoms with Gasteiger partial charge in [-0.1, -0.05) is 35.5 Å². The summed E-state index contributed by atoms with van der Waals surface area (Å²) in [4.78, 5) is 23.0. The van der Waals surface area contributed by atoms with Gasteiger partial charge in [-0.3, -0.25) is 9.59 Å². The average Bonchev–Trinajstić information content (AvgIpc) is 3.18. The number of aliphatic carboxylic acids is 1. The van der Waals surface area contributed by atoms with Crippen LogP contribution in [-0.2, 0) is 11.3 Å². The van der Waals surface area contributed by atoms with Crippen molar-refractivity contribution in [3.63, 3.8) is 0 Å². The molecule has 0 unspecified atom stereocenters. The molecule has 2 aromatic rings. The Balaban J connectivity index is 1.59. The number of rotatable bonds is 6. The Kier molecular flexibility index (Phi) is 3.62. The Morgan fingerprint density at radius 1 is 1.27 bits per heavy atom. The van der Waals surface area contributed by atoms with Gasteiger partial charge >= 0.3 is 5.97 Å². The van der Waals surface area contributed by atoms with Crippen LogP contribution in [0, 0.1) is 5.41 Å². The zero-order chi connectivity index (χ0) is 15.6. The van der Waals surface area contributed by atoms with Crippen molar-refractivity contribution in [2.45, 2.75) is 19.4 Å². The number of aromatic nitrogens is 3. The Morgan fingerprint density at radius 3 is 2.64 bits per heavy atom. The van der Waals surface area contributed by atoms with Crippen molar-refractivity contribution in [2.75, 3.05) is 6.54 Å². The first-order valence-electron chi connectivity index (χ1n) is 7.05. The predicted molar refractivity (Wildman–Crippen MR) is 77.2 cm³/mol. The van der Waals surface area contributed by atoms with Crippen LogP contribution in [0.4, 0.5) is 0 Å². The van der Waals surface area contributed by atoms with Gasteiger partial charge in [0.2, 0.25) is 0 Å². The fourth-order valence-electron chi connectivity index (χ4n) is 2.21. The maximum atomic E-state index is 12.0. The lowest BCUT2D eigenvalue weighted by atomic mass is 10.1. The minimum atomic E-state index is -0.861. The number of benzene rings is 1. The molecule has 1 heterocycles. The second-order valence-corrected chi connectivity index (χ2v) is 5.56. The number of nitrogens with zero attached hydrogens (tertiary/aromatic N) is 3. The molecule has 0 aliphatic heterocycles. The highest BCUT2D eigenvalue weighted by molar-refractivity contribution is 5.92. The lowest BCUT2D eigenvalue weighted by Crippen LogP contribution is -2.34. The molecule has 0 saturated heterocycles. The van der Waals surface area contributed by atoms with E-state index in [-0.39, 0.29) is 12.2 Å². The van der Waals surface area contributed by atoms with Crippen molar-refractivity contribution in [3.8, 4) is 0 Å². The third-order valence-corrected chi connectivity index (χ3v) is 3.85. The molecule has 0 bridgehead atoms. The highest BCUT2D eigenvalue weighted by atomic mass is 16.4. The summed E-state index contributed by atoms with van der Waals surface area (Å²) < 4.78 is 1.58. The zero-order valence-electron chi connectivity index (χ0n) is 11.9. The van der Waals surface area contributed by atoms with E-state index in [4.69, 9.17) is 5.11 Å². The molecule has 22 heavy (non-hydrogen) atoms. The molecule has 114 valence electrons. The van der Waals surface area contributed by atoms with Gasteiger partial charge in [0.25, 0.3) is 5.91 Å². The van der Waals surface area contributed by atoms with Gasteiger partial charge in [-0.05, 0) is 18.4 Å². The molecule has 1 fully saturated rings. The van der Waals surface area contributed by atoms with Crippen LogP contribution in [0.15, 0.2) is 36.5 Å². The van der Waals surface area contributed by atoms with Gasteiger partial charge in [-0.15, -0.1) is 5.10 Å². The van der Waals surface area contributed by atoms with Gasteiger partial charge in [0.05, 0.1) is 18.2 Å². The molecule has 7 nitrogen and oxygen atoms in total. The lowest BCUT2D eigenvalue weighted by Gasteiger charge is -2.09. The van der Waals surface area contributed by atoms with E-state index in [1.54, 1.807) is 10.9 Å². The summed E-state index contributed by atoms with van der Waals surface area (Å²) in [6.45, 7) is 0.660. The fraction of sp³-hybridized carbons (Fsp3) is 0.333. The van der Waals surface area contributed by atoms with Crippen LogP contribution in [0.5, 0.6) is 0 Å². The average molecular weight is 300 g/mol. The van der Waals surface area contributed by atoms with Crippen molar-refractivity contribution in [2.24, 2.45) is 5.41 Å².